The molecule has 2 fully saturated rings. The summed E-state index contributed by atoms with van der Waals surface area (Å²) < 4.78 is 15.7. The van der Waals surface area contributed by atoms with E-state index in [-0.39, 0.29) is 0 Å². The molecular weight excluding hydrogens is 336 g/mol. The van der Waals surface area contributed by atoms with Crippen LogP contribution in [0.2, 0.25) is 0 Å². The van der Waals surface area contributed by atoms with Gasteiger partial charge >= 0.3 is 0 Å². The van der Waals surface area contributed by atoms with E-state index < -0.39 is 73.8 Å². The Morgan fingerprint density at radius 2 is 1.35 bits per heavy atom. The molecule has 0 radical (unpaired) electrons. The van der Waals surface area contributed by atoms with Gasteiger partial charge < -0.3 is 50.0 Å². The predicted molar refractivity (Wildman–Crippen MR) is 75.4 cm³/mol. The van der Waals surface area contributed by atoms with Crippen molar-refractivity contribution in [2.75, 3.05) is 13.2 Å². The molecule has 0 aromatic carbocycles. The average molecular weight is 358 g/mol. The van der Waals surface area contributed by atoms with Gasteiger partial charge in [-0.05, 0) is 0 Å². The molecule has 2 rings (SSSR count). The first-order chi connectivity index (χ1) is 10.8. The largest absolute Gasteiger partial charge is 0.394 e. The van der Waals surface area contributed by atoms with Crippen molar-refractivity contribution in [1.82, 2.24) is 0 Å². The molecule has 6 unspecified atom stereocenters. The number of aliphatic hydroxyl groups excluding tert-OH is 7. The Labute approximate surface area is 137 Å². The zero-order valence-corrected chi connectivity index (χ0v) is 12.9. The summed E-state index contributed by atoms with van der Waals surface area (Å²) in [5.74, 6) is 0. The van der Waals surface area contributed by atoms with E-state index in [1.807, 2.05) is 0 Å². The van der Waals surface area contributed by atoms with Crippen molar-refractivity contribution in [2.45, 2.75) is 60.6 Å². The molecule has 0 aromatic heterocycles. The third-order valence-electron chi connectivity index (χ3n) is 3.98. The fraction of sp³-hybridized carbons (Fsp3) is 1.00. The van der Waals surface area contributed by atoms with Crippen LogP contribution in [-0.4, -0.2) is 110 Å². The fourth-order valence-corrected chi connectivity index (χ4v) is 2.90. The minimum Gasteiger partial charge on any atom is -0.394 e. The molecule has 0 bridgehead atoms. The maximum absolute atomic E-state index is 10.1. The van der Waals surface area contributed by atoms with Crippen LogP contribution in [-0.2, 0) is 14.2 Å². The van der Waals surface area contributed by atoms with Crippen molar-refractivity contribution in [3.63, 3.8) is 0 Å². The van der Waals surface area contributed by atoms with E-state index in [2.05, 4.69) is 12.6 Å². The third kappa shape index (κ3) is 3.80. The molecule has 0 amide bonds. The summed E-state index contributed by atoms with van der Waals surface area (Å²) in [5.41, 5.74) is -1.04. The van der Waals surface area contributed by atoms with Crippen LogP contribution >= 0.6 is 12.6 Å². The smallest absolute Gasteiger partial charge is 0.187 e. The zero-order chi connectivity index (χ0) is 17.3. The quantitative estimate of drug-likeness (QED) is 0.229. The van der Waals surface area contributed by atoms with Gasteiger partial charge in [0, 0.05) is 0 Å². The minimum absolute atomic E-state index is 0.567. The fourth-order valence-electron chi connectivity index (χ4n) is 2.57. The summed E-state index contributed by atoms with van der Waals surface area (Å²) in [4.78, 5) is 0. The van der Waals surface area contributed by atoms with Crippen molar-refractivity contribution >= 4 is 12.6 Å². The van der Waals surface area contributed by atoms with Gasteiger partial charge in [-0.2, -0.15) is 0 Å². The summed E-state index contributed by atoms with van der Waals surface area (Å²) in [7, 11) is 0. The van der Waals surface area contributed by atoms with Crippen LogP contribution in [0.5, 0.6) is 0 Å². The molecule has 2 aliphatic heterocycles. The van der Waals surface area contributed by atoms with Gasteiger partial charge in [0.1, 0.15) is 54.3 Å². The van der Waals surface area contributed by atoms with Crippen molar-refractivity contribution < 1.29 is 50.0 Å². The molecule has 2 aliphatic rings. The number of rotatable bonds is 4. The molecule has 10 atom stereocenters. The van der Waals surface area contributed by atoms with E-state index in [1.165, 1.54) is 0 Å². The van der Waals surface area contributed by atoms with Crippen LogP contribution in [0.1, 0.15) is 0 Å². The molecule has 7 N–H and O–H groups in total. The van der Waals surface area contributed by atoms with Crippen molar-refractivity contribution in [1.29, 1.82) is 0 Å². The molecule has 2 saturated heterocycles. The summed E-state index contributed by atoms with van der Waals surface area (Å²) in [6, 6.07) is 0. The van der Waals surface area contributed by atoms with Crippen LogP contribution in [0.25, 0.3) is 0 Å². The first-order valence-corrected chi connectivity index (χ1v) is 7.60. The van der Waals surface area contributed by atoms with Gasteiger partial charge in [-0.3, -0.25) is 0 Å². The second kappa shape index (κ2) is 7.89. The number of hydrogen-bond donors (Lipinski definition) is 8. The van der Waals surface area contributed by atoms with Gasteiger partial charge in [-0.1, -0.05) is 0 Å². The highest BCUT2D eigenvalue weighted by Gasteiger charge is 2.49. The average Bonchev–Trinajstić information content (AvgIpc) is 2.55. The second-order valence-electron chi connectivity index (χ2n) is 5.53. The van der Waals surface area contributed by atoms with E-state index in [9.17, 15) is 30.6 Å². The highest BCUT2D eigenvalue weighted by molar-refractivity contribution is 7.80. The summed E-state index contributed by atoms with van der Waals surface area (Å²) >= 11 is 3.92. The molecule has 0 spiro atoms. The molecule has 23 heavy (non-hydrogen) atoms. The SMILES string of the molecule is OCC1O[C@@H](O[C@@H]2C(CO)O[C@@H](S)C(O)C2O)C(O)C(O)[C@H]1O. The molecule has 11 heteroatoms. The lowest BCUT2D eigenvalue weighted by atomic mass is 9.97. The van der Waals surface area contributed by atoms with E-state index in [0.717, 1.165) is 0 Å². The van der Waals surface area contributed by atoms with Crippen LogP contribution < -0.4 is 0 Å². The summed E-state index contributed by atoms with van der Waals surface area (Å²) in [5, 5.41) is 67.6. The van der Waals surface area contributed by atoms with Crippen LogP contribution in [0.15, 0.2) is 0 Å². The molecular formula is C12H22O10S. The maximum Gasteiger partial charge on any atom is 0.187 e. The normalized spacial score (nSPS) is 51.7. The second-order valence-corrected chi connectivity index (χ2v) is 6.04. The zero-order valence-electron chi connectivity index (χ0n) is 12.0. The Morgan fingerprint density at radius 1 is 0.739 bits per heavy atom. The standard InChI is InChI=1S/C12H22O10S/c13-1-3-5(15)6(16)8(18)11(20-3)22-10-4(2-14)21-12(23)9(19)7(10)17/h3-19,23H,1-2H2/t3?,4?,5-,6?,7?,8?,9?,10+,11-,12-/m0/s1. The highest BCUT2D eigenvalue weighted by Crippen LogP contribution is 2.29. The van der Waals surface area contributed by atoms with Crippen molar-refractivity contribution in [3.8, 4) is 0 Å². The molecule has 0 aromatic rings. The third-order valence-corrected chi connectivity index (χ3v) is 4.41. The maximum atomic E-state index is 10.1. The number of thiol groups is 1. The molecule has 10 nitrogen and oxygen atoms in total. The van der Waals surface area contributed by atoms with E-state index >= 15 is 0 Å². The lowest BCUT2D eigenvalue weighted by Crippen LogP contribution is -2.63. The molecule has 136 valence electrons. The Balaban J connectivity index is 2.11. The topological polar surface area (TPSA) is 169 Å². The minimum atomic E-state index is -1.68. The summed E-state index contributed by atoms with van der Waals surface area (Å²) in [6.07, 6.45) is -12.9. The van der Waals surface area contributed by atoms with Crippen molar-refractivity contribution in [3.05, 3.63) is 0 Å². The van der Waals surface area contributed by atoms with Gasteiger partial charge in [0.15, 0.2) is 6.29 Å². The van der Waals surface area contributed by atoms with E-state index in [0.29, 0.717) is 0 Å². The number of aliphatic hydroxyl groups is 7. The molecule has 0 saturated carbocycles. The van der Waals surface area contributed by atoms with Gasteiger partial charge in [0.25, 0.3) is 0 Å². The van der Waals surface area contributed by atoms with Crippen LogP contribution in [0.3, 0.4) is 0 Å². The number of hydrogen-bond acceptors (Lipinski definition) is 11. The van der Waals surface area contributed by atoms with Crippen LogP contribution in [0.4, 0.5) is 0 Å². The van der Waals surface area contributed by atoms with Crippen molar-refractivity contribution in [2.24, 2.45) is 0 Å². The van der Waals surface area contributed by atoms with E-state index in [4.69, 9.17) is 19.3 Å². The molecule has 0 aliphatic carbocycles. The van der Waals surface area contributed by atoms with Gasteiger partial charge in [0.05, 0.1) is 13.2 Å². The monoisotopic (exact) mass is 358 g/mol. The lowest BCUT2D eigenvalue weighted by molar-refractivity contribution is -0.338. The Kier molecular flexibility index (Phi) is 6.61. The van der Waals surface area contributed by atoms with Gasteiger partial charge in [-0.15, -0.1) is 12.6 Å². The predicted octanol–water partition coefficient (Wildman–Crippen LogP) is -4.46. The lowest BCUT2D eigenvalue weighted by Gasteiger charge is -2.45. The Bertz CT molecular complexity index is 383. The Hall–Kier alpha value is -0.0500. The Morgan fingerprint density at radius 3 is 1.91 bits per heavy atom. The highest BCUT2D eigenvalue weighted by atomic mass is 32.1. The first kappa shape index (κ1) is 19.3. The van der Waals surface area contributed by atoms with Gasteiger partial charge in [0.2, 0.25) is 0 Å². The summed E-state index contributed by atoms with van der Waals surface area (Å²) in [6.45, 7) is -1.21. The molecule has 2 heterocycles. The first-order valence-electron chi connectivity index (χ1n) is 7.08. The van der Waals surface area contributed by atoms with Crippen LogP contribution in [0, 0.1) is 0 Å². The number of ether oxygens (including phenoxy) is 3. The van der Waals surface area contributed by atoms with E-state index in [1.54, 1.807) is 0 Å². The van der Waals surface area contributed by atoms with Gasteiger partial charge in [-0.25, -0.2) is 0 Å².